The third-order valence-electron chi connectivity index (χ3n) is 0.866. The van der Waals surface area contributed by atoms with Gasteiger partial charge in [-0.25, -0.2) is 0 Å². The van der Waals surface area contributed by atoms with Crippen molar-refractivity contribution in [2.24, 2.45) is 5.92 Å². The van der Waals surface area contributed by atoms with Gasteiger partial charge in [-0.3, -0.25) is 0 Å². The van der Waals surface area contributed by atoms with E-state index in [2.05, 4.69) is 34.6 Å². The Morgan fingerprint density at radius 1 is 0.667 bits per heavy atom. The minimum atomic E-state index is 0.898. The van der Waals surface area contributed by atoms with E-state index in [-0.39, 0.29) is 0 Å². The van der Waals surface area contributed by atoms with Crippen LogP contribution in [0.2, 0.25) is 0 Å². The largest absolute Gasteiger partial charge is 0.0683 e. The van der Waals surface area contributed by atoms with Gasteiger partial charge in [-0.15, -0.1) is 0 Å². The van der Waals surface area contributed by atoms with Crippen molar-refractivity contribution in [3.63, 3.8) is 0 Å². The molecule has 0 radical (unpaired) electrons. The molecule has 0 unspecified atom stereocenters. The summed E-state index contributed by atoms with van der Waals surface area (Å²) in [5, 5.41) is 0. The fourth-order valence-corrected chi connectivity index (χ4v) is 0.577. The topological polar surface area (TPSA) is 0 Å². The fraction of sp³-hybridized carbons (Fsp3) is 1.00. The highest BCUT2D eigenvalue weighted by Gasteiger charge is 1.85. The van der Waals surface area contributed by atoms with Crippen molar-refractivity contribution >= 4 is 0 Å². The summed E-state index contributed by atoms with van der Waals surface area (Å²) in [6.07, 6.45) is 3.96. The summed E-state index contributed by atoms with van der Waals surface area (Å²) in [5.74, 6) is 0.898. The van der Waals surface area contributed by atoms with Gasteiger partial charge in [-0.2, -0.15) is 0 Å². The monoisotopic (exact) mass is 220 g/mol. The second kappa shape index (κ2) is 65.7. The van der Waals surface area contributed by atoms with Gasteiger partial charge in [0.25, 0.3) is 0 Å². The lowest BCUT2D eigenvalue weighted by molar-refractivity contribution is 0.576. The van der Waals surface area contributed by atoms with Crippen LogP contribution in [0.15, 0.2) is 0 Å². The van der Waals surface area contributed by atoms with Gasteiger partial charge in [-0.05, 0) is 5.92 Å². The van der Waals surface area contributed by atoms with Gasteiger partial charge in [0.15, 0.2) is 0 Å². The van der Waals surface area contributed by atoms with Crippen LogP contribution in [0.3, 0.4) is 0 Å². The lowest BCUT2D eigenvalue weighted by atomic mass is 10.1. The Morgan fingerprint density at radius 3 is 0.867 bits per heavy atom. The van der Waals surface area contributed by atoms with Crippen molar-refractivity contribution in [1.82, 2.24) is 0 Å². The number of hydrogen-bond acceptors (Lipinski definition) is 0. The molecule has 0 aromatic carbocycles. The molecule has 0 saturated carbocycles. The lowest BCUT2D eigenvalue weighted by Gasteiger charge is -1.95. The van der Waals surface area contributed by atoms with Crippen molar-refractivity contribution in [3.05, 3.63) is 0 Å². The number of rotatable bonds is 2. The van der Waals surface area contributed by atoms with Crippen LogP contribution >= 0.6 is 0 Å². The third kappa shape index (κ3) is 224. The maximum Gasteiger partial charge on any atom is -0.0471 e. The molecule has 0 aliphatic rings. The van der Waals surface area contributed by atoms with E-state index in [1.165, 1.54) is 19.3 Å². The van der Waals surface area contributed by atoms with E-state index >= 15 is 0 Å². The molecule has 0 heteroatoms. The summed E-state index contributed by atoms with van der Waals surface area (Å²) in [4.78, 5) is 0. The zero-order valence-corrected chi connectivity index (χ0v) is 13.7. The van der Waals surface area contributed by atoms with Crippen LogP contribution in [0.1, 0.15) is 95.4 Å². The van der Waals surface area contributed by atoms with E-state index in [1.807, 2.05) is 41.5 Å². The van der Waals surface area contributed by atoms with E-state index in [4.69, 9.17) is 0 Å². The van der Waals surface area contributed by atoms with Crippen molar-refractivity contribution in [2.45, 2.75) is 95.4 Å². The van der Waals surface area contributed by atoms with Crippen molar-refractivity contribution in [3.8, 4) is 0 Å². The standard InChI is InChI=1S/C6H14.C3H8.3C2H6/c1-4-5-6(2)3;1-3-2;3*1-2/h6H,4-5H2,1-3H3;3H2,1-2H3;3*1-2H3. The number of hydrogen-bond donors (Lipinski definition) is 0. The average molecular weight is 220 g/mol. The van der Waals surface area contributed by atoms with Crippen LogP contribution < -0.4 is 0 Å². The molecule has 0 aromatic heterocycles. The highest BCUT2D eigenvalue weighted by Crippen LogP contribution is 2.00. The quantitative estimate of drug-likeness (QED) is 0.473. The van der Waals surface area contributed by atoms with Gasteiger partial charge in [0, 0.05) is 0 Å². The second-order valence-corrected chi connectivity index (χ2v) is 2.89. The minimum Gasteiger partial charge on any atom is -0.0683 e. The van der Waals surface area contributed by atoms with Crippen LogP contribution in [0.5, 0.6) is 0 Å². The Kier molecular flexibility index (Phi) is 129. The summed E-state index contributed by atoms with van der Waals surface area (Å²) in [7, 11) is 0. The maximum atomic E-state index is 2.25. The highest BCUT2D eigenvalue weighted by atomic mass is 13.9. The zero-order valence-electron chi connectivity index (χ0n) is 13.7. The first kappa shape index (κ1) is 29.4. The van der Waals surface area contributed by atoms with E-state index in [0.717, 1.165) is 5.92 Å². The molecule has 0 aromatic rings. The van der Waals surface area contributed by atoms with Gasteiger partial charge >= 0.3 is 0 Å². The lowest BCUT2D eigenvalue weighted by Crippen LogP contribution is -1.81. The van der Waals surface area contributed by atoms with Gasteiger partial charge < -0.3 is 0 Å². The van der Waals surface area contributed by atoms with Crippen LogP contribution in [-0.4, -0.2) is 0 Å². The van der Waals surface area contributed by atoms with Gasteiger partial charge in [0.05, 0.1) is 0 Å². The molecule has 0 amide bonds. The average Bonchev–Trinajstić information content (AvgIpc) is 2.27. The molecule has 0 atom stereocenters. The van der Waals surface area contributed by atoms with Gasteiger partial charge in [0.2, 0.25) is 0 Å². The Morgan fingerprint density at radius 2 is 0.867 bits per heavy atom. The van der Waals surface area contributed by atoms with Crippen LogP contribution in [0.4, 0.5) is 0 Å². The molecule has 0 bridgehead atoms. The van der Waals surface area contributed by atoms with Gasteiger partial charge in [-0.1, -0.05) is 95.4 Å². The predicted molar refractivity (Wildman–Crippen MR) is 79.8 cm³/mol. The Bertz CT molecular complexity index is 29.0. The fourth-order valence-electron chi connectivity index (χ4n) is 0.577. The van der Waals surface area contributed by atoms with Crippen LogP contribution in [-0.2, 0) is 0 Å². The second-order valence-electron chi connectivity index (χ2n) is 2.89. The summed E-state index contributed by atoms with van der Waals surface area (Å²) in [5.41, 5.74) is 0. The van der Waals surface area contributed by atoms with E-state index < -0.39 is 0 Å². The normalized spacial score (nSPS) is 6.40. The van der Waals surface area contributed by atoms with E-state index in [0.29, 0.717) is 0 Å². The molecule has 0 aliphatic heterocycles. The van der Waals surface area contributed by atoms with Crippen LogP contribution in [0.25, 0.3) is 0 Å². The van der Waals surface area contributed by atoms with Crippen LogP contribution in [0, 0.1) is 5.92 Å². The molecule has 0 aliphatic carbocycles. The summed E-state index contributed by atoms with van der Waals surface area (Å²) < 4.78 is 0. The minimum absolute atomic E-state index is 0.898. The molecule has 0 saturated heterocycles. The van der Waals surface area contributed by atoms with Crippen molar-refractivity contribution in [1.29, 1.82) is 0 Å². The first-order valence-corrected chi connectivity index (χ1v) is 7.18. The van der Waals surface area contributed by atoms with Gasteiger partial charge in [0.1, 0.15) is 0 Å². The maximum absolute atomic E-state index is 2.25. The highest BCUT2D eigenvalue weighted by molar-refractivity contribution is 4.38. The summed E-state index contributed by atoms with van der Waals surface area (Å²) in [6, 6.07) is 0. The Balaban J connectivity index is -0.0000000318. The molecule has 0 spiro atoms. The van der Waals surface area contributed by atoms with Crippen molar-refractivity contribution < 1.29 is 0 Å². The third-order valence-corrected chi connectivity index (χ3v) is 0.866. The predicted octanol–water partition coefficient (Wildman–Crippen LogP) is 6.94. The zero-order chi connectivity index (χ0) is 13.7. The first-order chi connectivity index (χ1) is 7.18. The molecule has 0 nitrogen and oxygen atoms in total. The summed E-state index contributed by atoms with van der Waals surface area (Å²) in [6.45, 7) is 23.0. The molecule has 0 rings (SSSR count). The Labute approximate surface area is 102 Å². The molecule has 0 fully saturated rings. The molecule has 15 heavy (non-hydrogen) atoms. The molecular formula is C15H40. The molecule has 0 heterocycles. The van der Waals surface area contributed by atoms with Crippen molar-refractivity contribution in [2.75, 3.05) is 0 Å². The van der Waals surface area contributed by atoms with E-state index in [1.54, 1.807) is 0 Å². The molecular weight excluding hydrogens is 180 g/mol. The molecule has 0 N–H and O–H groups in total. The first-order valence-electron chi connectivity index (χ1n) is 7.18. The SMILES string of the molecule is CC.CC.CC.CCC.CCCC(C)C. The smallest absolute Gasteiger partial charge is 0.0471 e. The Hall–Kier alpha value is 0. The molecule has 100 valence electrons. The summed E-state index contributed by atoms with van der Waals surface area (Å²) >= 11 is 0. The van der Waals surface area contributed by atoms with E-state index in [9.17, 15) is 0 Å².